The third-order valence-electron chi connectivity index (χ3n) is 4.25. The minimum Gasteiger partial charge on any atom is -0.457 e. The number of rotatable bonds is 3. The van der Waals surface area contributed by atoms with Crippen molar-refractivity contribution in [2.24, 2.45) is 0 Å². The summed E-state index contributed by atoms with van der Waals surface area (Å²) in [6.07, 6.45) is 1.67. The number of amides is 1. The van der Waals surface area contributed by atoms with Gasteiger partial charge in [0.15, 0.2) is 5.11 Å². The normalized spacial score (nSPS) is 15.5. The predicted molar refractivity (Wildman–Crippen MR) is 114 cm³/mol. The Hall–Kier alpha value is -2.70. The fourth-order valence-electron chi connectivity index (χ4n) is 2.87. The second kappa shape index (κ2) is 7.13. The molecule has 134 valence electrons. The molecule has 4 nitrogen and oxygen atoms in total. The summed E-state index contributed by atoms with van der Waals surface area (Å²) < 4.78 is 6.96. The van der Waals surface area contributed by atoms with E-state index in [1.54, 1.807) is 6.08 Å². The SMILES string of the molecule is Cc1cc(-c2ccc(/C=C3\NC(=S)N(c4ccccc4)C3=O)o2)ccc1Br. The van der Waals surface area contributed by atoms with Gasteiger partial charge in [0, 0.05) is 16.1 Å². The van der Waals surface area contributed by atoms with Crippen molar-refractivity contribution in [1.82, 2.24) is 5.32 Å². The quantitative estimate of drug-likeness (QED) is 0.446. The van der Waals surface area contributed by atoms with Gasteiger partial charge in [0.05, 0.1) is 5.69 Å². The number of furan rings is 1. The van der Waals surface area contributed by atoms with E-state index >= 15 is 0 Å². The van der Waals surface area contributed by atoms with Crippen molar-refractivity contribution in [3.05, 3.63) is 82.2 Å². The summed E-state index contributed by atoms with van der Waals surface area (Å²) in [4.78, 5) is 14.2. The van der Waals surface area contributed by atoms with Crippen molar-refractivity contribution in [2.45, 2.75) is 6.92 Å². The average molecular weight is 439 g/mol. The van der Waals surface area contributed by atoms with Gasteiger partial charge < -0.3 is 9.73 Å². The maximum Gasteiger partial charge on any atom is 0.281 e. The molecule has 2 aromatic carbocycles. The van der Waals surface area contributed by atoms with Gasteiger partial charge in [0.1, 0.15) is 17.2 Å². The van der Waals surface area contributed by atoms with Crippen molar-refractivity contribution in [1.29, 1.82) is 0 Å². The van der Waals surface area contributed by atoms with Crippen LogP contribution >= 0.6 is 28.1 Å². The zero-order valence-electron chi connectivity index (χ0n) is 14.4. The van der Waals surface area contributed by atoms with Crippen molar-refractivity contribution in [3.8, 4) is 11.3 Å². The molecule has 0 bridgehead atoms. The van der Waals surface area contributed by atoms with Gasteiger partial charge in [-0.3, -0.25) is 9.69 Å². The fourth-order valence-corrected chi connectivity index (χ4v) is 3.42. The number of carbonyl (C=O) groups excluding carboxylic acids is 1. The minimum absolute atomic E-state index is 0.205. The van der Waals surface area contributed by atoms with Gasteiger partial charge in [0.25, 0.3) is 5.91 Å². The largest absolute Gasteiger partial charge is 0.457 e. The summed E-state index contributed by atoms with van der Waals surface area (Å²) in [6, 6.07) is 19.1. The molecule has 3 aromatic rings. The number of hydrogen-bond donors (Lipinski definition) is 1. The third kappa shape index (κ3) is 3.46. The first-order chi connectivity index (χ1) is 13.0. The molecule has 0 aliphatic carbocycles. The highest BCUT2D eigenvalue weighted by Crippen LogP contribution is 2.28. The minimum atomic E-state index is -0.205. The number of thiocarbonyl (C=S) groups is 1. The molecule has 1 aliphatic heterocycles. The van der Waals surface area contributed by atoms with Gasteiger partial charge in [-0.05, 0) is 61.1 Å². The van der Waals surface area contributed by atoms with Crippen LogP contribution in [0.15, 0.2) is 75.3 Å². The Morgan fingerprint density at radius 2 is 1.89 bits per heavy atom. The van der Waals surface area contributed by atoms with Crippen molar-refractivity contribution >= 4 is 50.9 Å². The molecule has 0 atom stereocenters. The van der Waals surface area contributed by atoms with E-state index in [2.05, 4.69) is 21.2 Å². The van der Waals surface area contributed by atoms with Gasteiger partial charge in [-0.15, -0.1) is 0 Å². The summed E-state index contributed by atoms with van der Waals surface area (Å²) in [5, 5.41) is 3.32. The molecule has 1 N–H and O–H groups in total. The molecule has 1 aliphatic rings. The van der Waals surface area contributed by atoms with E-state index in [0.29, 0.717) is 16.6 Å². The Kier molecular flexibility index (Phi) is 4.68. The highest BCUT2D eigenvalue weighted by molar-refractivity contribution is 9.10. The lowest BCUT2D eigenvalue weighted by Crippen LogP contribution is -2.30. The Labute approximate surface area is 170 Å². The monoisotopic (exact) mass is 438 g/mol. The first-order valence-corrected chi connectivity index (χ1v) is 9.51. The van der Waals surface area contributed by atoms with E-state index in [9.17, 15) is 4.79 Å². The Morgan fingerprint density at radius 1 is 1.11 bits per heavy atom. The van der Waals surface area contributed by atoms with E-state index in [0.717, 1.165) is 27.0 Å². The third-order valence-corrected chi connectivity index (χ3v) is 5.42. The van der Waals surface area contributed by atoms with Crippen LogP contribution in [-0.4, -0.2) is 11.0 Å². The number of anilines is 1. The number of halogens is 1. The Morgan fingerprint density at radius 3 is 2.63 bits per heavy atom. The molecule has 2 heterocycles. The van der Waals surface area contributed by atoms with E-state index in [-0.39, 0.29) is 5.91 Å². The Balaban J connectivity index is 1.61. The lowest BCUT2D eigenvalue weighted by Gasteiger charge is -2.13. The molecular weight excluding hydrogens is 424 g/mol. The molecule has 1 saturated heterocycles. The van der Waals surface area contributed by atoms with E-state index in [1.165, 1.54) is 4.90 Å². The van der Waals surface area contributed by atoms with Crippen LogP contribution in [0.5, 0.6) is 0 Å². The summed E-state index contributed by atoms with van der Waals surface area (Å²) >= 11 is 8.82. The number of nitrogens with one attached hydrogen (secondary N) is 1. The van der Waals surface area contributed by atoms with Gasteiger partial charge >= 0.3 is 0 Å². The van der Waals surface area contributed by atoms with Crippen LogP contribution in [0.2, 0.25) is 0 Å². The second-order valence-electron chi connectivity index (χ2n) is 6.13. The Bertz CT molecular complexity index is 1070. The molecular formula is C21H15BrN2O2S. The molecule has 6 heteroatoms. The summed E-state index contributed by atoms with van der Waals surface area (Å²) in [7, 11) is 0. The van der Waals surface area contributed by atoms with Crippen LogP contribution in [0.4, 0.5) is 5.69 Å². The summed E-state index contributed by atoms with van der Waals surface area (Å²) in [6.45, 7) is 2.03. The van der Waals surface area contributed by atoms with E-state index < -0.39 is 0 Å². The lowest BCUT2D eigenvalue weighted by atomic mass is 10.1. The topological polar surface area (TPSA) is 45.5 Å². The van der Waals surface area contributed by atoms with Gasteiger partial charge in [-0.1, -0.05) is 40.2 Å². The highest BCUT2D eigenvalue weighted by atomic mass is 79.9. The first kappa shape index (κ1) is 17.7. The molecule has 1 amide bonds. The van der Waals surface area contributed by atoms with Crippen LogP contribution in [0.25, 0.3) is 17.4 Å². The van der Waals surface area contributed by atoms with Crippen LogP contribution in [0, 0.1) is 6.92 Å². The molecule has 0 unspecified atom stereocenters. The maximum absolute atomic E-state index is 12.7. The predicted octanol–water partition coefficient (Wildman–Crippen LogP) is 5.28. The summed E-state index contributed by atoms with van der Waals surface area (Å²) in [5.41, 5.74) is 3.22. The van der Waals surface area contributed by atoms with Crippen molar-refractivity contribution in [2.75, 3.05) is 4.90 Å². The number of para-hydroxylation sites is 1. The summed E-state index contributed by atoms with van der Waals surface area (Å²) in [5.74, 6) is 1.12. The smallest absolute Gasteiger partial charge is 0.281 e. The molecule has 0 saturated carbocycles. The van der Waals surface area contributed by atoms with Gasteiger partial charge in [-0.2, -0.15) is 0 Å². The van der Waals surface area contributed by atoms with E-state index in [4.69, 9.17) is 16.6 Å². The van der Waals surface area contributed by atoms with Crippen molar-refractivity contribution in [3.63, 3.8) is 0 Å². The number of nitrogens with zero attached hydrogens (tertiary/aromatic N) is 1. The van der Waals surface area contributed by atoms with Gasteiger partial charge in [-0.25, -0.2) is 0 Å². The average Bonchev–Trinajstić information content (AvgIpc) is 3.23. The first-order valence-electron chi connectivity index (χ1n) is 8.31. The van der Waals surface area contributed by atoms with Crippen LogP contribution in [0.3, 0.4) is 0 Å². The lowest BCUT2D eigenvalue weighted by molar-refractivity contribution is -0.113. The molecule has 1 aromatic heterocycles. The molecule has 1 fully saturated rings. The molecule has 0 spiro atoms. The number of aryl methyl sites for hydroxylation is 1. The van der Waals surface area contributed by atoms with Crippen molar-refractivity contribution < 1.29 is 9.21 Å². The van der Waals surface area contributed by atoms with Crippen LogP contribution in [0.1, 0.15) is 11.3 Å². The van der Waals surface area contributed by atoms with E-state index in [1.807, 2.05) is 67.6 Å². The van der Waals surface area contributed by atoms with Gasteiger partial charge in [0.2, 0.25) is 0 Å². The molecule has 0 radical (unpaired) electrons. The number of benzene rings is 2. The molecule has 27 heavy (non-hydrogen) atoms. The number of hydrogen-bond acceptors (Lipinski definition) is 3. The number of carbonyl (C=O) groups is 1. The fraction of sp³-hybridized carbons (Fsp3) is 0.0476. The highest BCUT2D eigenvalue weighted by Gasteiger charge is 2.32. The zero-order chi connectivity index (χ0) is 19.0. The molecule has 4 rings (SSSR count). The van der Waals surface area contributed by atoms with Crippen LogP contribution < -0.4 is 10.2 Å². The standard InChI is InChI=1S/C21H15BrN2O2S/c1-13-11-14(7-9-17(13)22)19-10-8-16(26-19)12-18-20(25)24(21(27)23-18)15-5-3-2-4-6-15/h2-12H,1H3,(H,23,27)/b18-12-. The van der Waals surface area contributed by atoms with Crippen LogP contribution in [-0.2, 0) is 4.79 Å². The zero-order valence-corrected chi connectivity index (χ0v) is 16.8. The maximum atomic E-state index is 12.7. The second-order valence-corrected chi connectivity index (χ2v) is 7.37.